The summed E-state index contributed by atoms with van der Waals surface area (Å²) >= 11 is 0. The summed E-state index contributed by atoms with van der Waals surface area (Å²) in [4.78, 5) is 12.6. The van der Waals surface area contributed by atoms with E-state index in [0.29, 0.717) is 11.7 Å². The smallest absolute Gasteiger partial charge is 0.167 e. The number of nitrogens with one attached hydrogen (secondary N) is 1. The van der Waals surface area contributed by atoms with E-state index in [0.717, 1.165) is 24.1 Å². The van der Waals surface area contributed by atoms with E-state index in [4.69, 9.17) is 0 Å². The van der Waals surface area contributed by atoms with Crippen LogP contribution in [0.1, 0.15) is 33.6 Å². The number of Topliss-reactive ketones (excluding diaryl/α,β-unsaturated/α-hetero) is 1. The number of allylic oxidation sites excluding steroid dienone is 1. The van der Waals surface area contributed by atoms with E-state index < -0.39 is 0 Å². The largest absolute Gasteiger partial charge is 0.361 e. The summed E-state index contributed by atoms with van der Waals surface area (Å²) in [7, 11) is 0. The summed E-state index contributed by atoms with van der Waals surface area (Å²) in [5.41, 5.74) is 1.95. The third-order valence-electron chi connectivity index (χ3n) is 5.53. The lowest BCUT2D eigenvalue weighted by Gasteiger charge is -2.31. The van der Waals surface area contributed by atoms with Crippen molar-refractivity contribution in [3.8, 4) is 0 Å². The number of hydrogen-bond donors (Lipinski definition) is 1. The van der Waals surface area contributed by atoms with E-state index >= 15 is 0 Å². The summed E-state index contributed by atoms with van der Waals surface area (Å²) in [6, 6.07) is 10.0. The zero-order valence-corrected chi connectivity index (χ0v) is 11.9. The summed E-state index contributed by atoms with van der Waals surface area (Å²) in [6.07, 6.45) is 4.11. The van der Waals surface area contributed by atoms with Gasteiger partial charge >= 0.3 is 0 Å². The highest BCUT2D eigenvalue weighted by Crippen LogP contribution is 2.65. The maximum atomic E-state index is 12.6. The molecule has 2 saturated carbocycles. The number of rotatable bonds is 2. The van der Waals surface area contributed by atoms with Crippen molar-refractivity contribution in [2.24, 2.45) is 16.7 Å². The summed E-state index contributed by atoms with van der Waals surface area (Å²) in [6.45, 7) is 6.62. The number of anilines is 1. The van der Waals surface area contributed by atoms with Crippen LogP contribution < -0.4 is 5.32 Å². The molecule has 0 unspecified atom stereocenters. The van der Waals surface area contributed by atoms with Crippen LogP contribution in [0, 0.1) is 16.7 Å². The van der Waals surface area contributed by atoms with Gasteiger partial charge in [0.15, 0.2) is 5.78 Å². The molecule has 3 rings (SSSR count). The first-order valence-electron chi connectivity index (χ1n) is 7.03. The van der Waals surface area contributed by atoms with E-state index in [1.807, 2.05) is 36.5 Å². The molecule has 2 aliphatic carbocycles. The van der Waals surface area contributed by atoms with Crippen LogP contribution in [-0.4, -0.2) is 5.78 Å². The van der Waals surface area contributed by atoms with Crippen LogP contribution in [0.25, 0.3) is 0 Å². The number of benzene rings is 1. The van der Waals surface area contributed by atoms with Crippen molar-refractivity contribution in [2.75, 3.05) is 5.32 Å². The van der Waals surface area contributed by atoms with Gasteiger partial charge in [0.1, 0.15) is 0 Å². The molecule has 1 aromatic carbocycles. The summed E-state index contributed by atoms with van der Waals surface area (Å²) < 4.78 is 0. The van der Waals surface area contributed by atoms with Gasteiger partial charge < -0.3 is 5.32 Å². The number of carbonyl (C=O) groups is 1. The first-order valence-corrected chi connectivity index (χ1v) is 7.03. The van der Waals surface area contributed by atoms with Crippen LogP contribution >= 0.6 is 0 Å². The molecule has 2 fully saturated rings. The molecular weight excluding hydrogens is 234 g/mol. The third kappa shape index (κ3) is 1.59. The van der Waals surface area contributed by atoms with Gasteiger partial charge in [-0.15, -0.1) is 0 Å². The van der Waals surface area contributed by atoms with Gasteiger partial charge in [-0.1, -0.05) is 39.0 Å². The Kier molecular flexibility index (Phi) is 2.60. The normalized spacial score (nSPS) is 33.9. The Morgan fingerprint density at radius 2 is 1.89 bits per heavy atom. The number of carbonyl (C=O) groups excluding carboxylic acids is 1. The van der Waals surface area contributed by atoms with Crippen molar-refractivity contribution in [1.82, 2.24) is 0 Å². The van der Waals surface area contributed by atoms with Crippen molar-refractivity contribution in [1.29, 1.82) is 0 Å². The fourth-order valence-electron chi connectivity index (χ4n) is 3.79. The molecule has 0 radical (unpaired) electrons. The second-order valence-corrected chi connectivity index (χ2v) is 6.58. The van der Waals surface area contributed by atoms with Crippen molar-refractivity contribution in [3.63, 3.8) is 0 Å². The van der Waals surface area contributed by atoms with Crippen LogP contribution in [0.2, 0.25) is 0 Å². The quantitative estimate of drug-likeness (QED) is 0.809. The second kappa shape index (κ2) is 3.96. The maximum absolute atomic E-state index is 12.6. The van der Waals surface area contributed by atoms with Gasteiger partial charge in [-0.3, -0.25) is 4.79 Å². The molecule has 0 aliphatic heterocycles. The van der Waals surface area contributed by atoms with Crippen molar-refractivity contribution in [2.45, 2.75) is 33.6 Å². The molecule has 2 aliphatic rings. The average Bonchev–Trinajstić information content (AvgIpc) is 2.70. The molecule has 1 N–H and O–H groups in total. The highest BCUT2D eigenvalue weighted by Gasteiger charge is 2.63. The molecule has 0 aromatic heterocycles. The predicted octanol–water partition coefficient (Wildman–Crippen LogP) is 4.01. The van der Waals surface area contributed by atoms with Gasteiger partial charge in [-0.25, -0.2) is 0 Å². The van der Waals surface area contributed by atoms with E-state index in [2.05, 4.69) is 26.1 Å². The van der Waals surface area contributed by atoms with E-state index in [-0.39, 0.29) is 10.8 Å². The molecular formula is C17H21NO. The number of para-hydroxylation sites is 1. The second-order valence-electron chi connectivity index (χ2n) is 6.58. The topological polar surface area (TPSA) is 29.1 Å². The fraction of sp³-hybridized carbons (Fsp3) is 0.471. The van der Waals surface area contributed by atoms with E-state index in [9.17, 15) is 4.79 Å². The standard InChI is InChI=1S/C17H21NO/c1-16(2)14-9-10-17(16,3)15(19)13(14)11-18-12-7-5-4-6-8-12/h4-8,11,14,18H,9-10H2,1-3H3/t14-,17+/m1/s1. The Bertz CT molecular complexity index is 544. The van der Waals surface area contributed by atoms with Gasteiger partial charge in [-0.2, -0.15) is 0 Å². The molecule has 0 heterocycles. The highest BCUT2D eigenvalue weighted by atomic mass is 16.1. The highest BCUT2D eigenvalue weighted by molar-refractivity contribution is 6.04. The molecule has 2 bridgehead atoms. The van der Waals surface area contributed by atoms with Crippen LogP contribution in [0.15, 0.2) is 42.1 Å². The Morgan fingerprint density at radius 1 is 1.21 bits per heavy atom. The molecule has 0 amide bonds. The first-order chi connectivity index (χ1) is 8.97. The van der Waals surface area contributed by atoms with Crippen molar-refractivity contribution >= 4 is 11.5 Å². The lowest BCUT2D eigenvalue weighted by atomic mass is 9.70. The van der Waals surface area contributed by atoms with Gasteiger partial charge in [0.2, 0.25) is 0 Å². The average molecular weight is 255 g/mol. The molecule has 2 heteroatoms. The maximum Gasteiger partial charge on any atom is 0.167 e. The molecule has 2 atom stereocenters. The Labute approximate surface area is 114 Å². The Morgan fingerprint density at radius 3 is 2.47 bits per heavy atom. The minimum atomic E-state index is -0.165. The Balaban J connectivity index is 1.89. The summed E-state index contributed by atoms with van der Waals surface area (Å²) in [5, 5.41) is 3.27. The zero-order chi connectivity index (χ0) is 13.7. The molecule has 0 saturated heterocycles. The SMILES string of the molecule is CC1(C)[C@@H]2CC[C@@]1(C)C(=O)C2=CNc1ccccc1. The molecule has 1 aromatic rings. The zero-order valence-electron chi connectivity index (χ0n) is 11.9. The number of hydrogen-bond acceptors (Lipinski definition) is 2. The fourth-order valence-corrected chi connectivity index (χ4v) is 3.79. The third-order valence-corrected chi connectivity index (χ3v) is 5.53. The van der Waals surface area contributed by atoms with E-state index in [1.165, 1.54) is 0 Å². The van der Waals surface area contributed by atoms with Crippen molar-refractivity contribution in [3.05, 3.63) is 42.1 Å². The molecule has 100 valence electrons. The molecule has 19 heavy (non-hydrogen) atoms. The molecule has 2 nitrogen and oxygen atoms in total. The van der Waals surface area contributed by atoms with E-state index in [1.54, 1.807) is 0 Å². The number of ketones is 1. The number of fused-ring (bicyclic) bond motifs is 2. The first kappa shape index (κ1) is 12.5. The van der Waals surface area contributed by atoms with Gasteiger partial charge in [0, 0.05) is 22.9 Å². The lowest BCUT2D eigenvalue weighted by molar-refractivity contribution is -0.125. The van der Waals surface area contributed by atoms with Gasteiger partial charge in [0.05, 0.1) is 0 Å². The molecule has 0 spiro atoms. The monoisotopic (exact) mass is 255 g/mol. The van der Waals surface area contributed by atoms with Crippen molar-refractivity contribution < 1.29 is 4.79 Å². The van der Waals surface area contributed by atoms with Gasteiger partial charge in [-0.05, 0) is 36.3 Å². The predicted molar refractivity (Wildman–Crippen MR) is 77.8 cm³/mol. The Hall–Kier alpha value is -1.57. The lowest BCUT2D eigenvalue weighted by Crippen LogP contribution is -2.32. The minimum Gasteiger partial charge on any atom is -0.361 e. The van der Waals surface area contributed by atoms with Crippen LogP contribution in [-0.2, 0) is 4.79 Å². The van der Waals surface area contributed by atoms with Gasteiger partial charge in [0.25, 0.3) is 0 Å². The van der Waals surface area contributed by atoms with Crippen LogP contribution in [0.5, 0.6) is 0 Å². The minimum absolute atomic E-state index is 0.0916. The van der Waals surface area contributed by atoms with Crippen LogP contribution in [0.3, 0.4) is 0 Å². The summed E-state index contributed by atoms with van der Waals surface area (Å²) in [5.74, 6) is 0.749. The van der Waals surface area contributed by atoms with Crippen LogP contribution in [0.4, 0.5) is 5.69 Å².